The summed E-state index contributed by atoms with van der Waals surface area (Å²) in [7, 11) is 0. The van der Waals surface area contributed by atoms with E-state index in [9.17, 15) is 9.59 Å². The molecule has 0 aromatic heterocycles. The highest BCUT2D eigenvalue weighted by molar-refractivity contribution is 5.85. The van der Waals surface area contributed by atoms with Crippen LogP contribution in [0.2, 0.25) is 0 Å². The fraction of sp³-hybridized carbons (Fsp3) is 0.529. The summed E-state index contributed by atoms with van der Waals surface area (Å²) in [4.78, 5) is 26.8. The molecule has 126 valence electrons. The molecule has 2 rings (SSSR count). The summed E-state index contributed by atoms with van der Waals surface area (Å²) in [6, 6.07) is 7.72. The molecule has 6 heteroatoms. The van der Waals surface area contributed by atoms with Crippen molar-refractivity contribution in [2.24, 2.45) is 0 Å². The summed E-state index contributed by atoms with van der Waals surface area (Å²) in [5.41, 5.74) is 1.28. The summed E-state index contributed by atoms with van der Waals surface area (Å²) < 4.78 is 5.31. The maximum Gasteiger partial charge on any atom is 0.412 e. The van der Waals surface area contributed by atoms with Gasteiger partial charge in [-0.15, -0.1) is 0 Å². The molecule has 23 heavy (non-hydrogen) atoms. The number of nitrogens with zero attached hydrogens (tertiary/aromatic N) is 2. The first kappa shape index (κ1) is 17.3. The number of ether oxygens (including phenoxy) is 1. The Kier molecular flexibility index (Phi) is 5.60. The van der Waals surface area contributed by atoms with Crippen molar-refractivity contribution in [3.8, 4) is 0 Å². The van der Waals surface area contributed by atoms with Crippen LogP contribution in [0.4, 0.5) is 10.5 Å². The molecule has 0 radical (unpaired) electrons. The number of nitrogens with one attached hydrogen (secondary N) is 1. The third-order valence-electron chi connectivity index (χ3n) is 3.60. The van der Waals surface area contributed by atoms with Crippen LogP contribution in [0.15, 0.2) is 24.3 Å². The smallest absolute Gasteiger partial charge is 0.412 e. The van der Waals surface area contributed by atoms with E-state index in [4.69, 9.17) is 4.74 Å². The molecule has 2 amide bonds. The first-order valence-electron chi connectivity index (χ1n) is 7.87. The molecule has 0 unspecified atom stereocenters. The standard InChI is InChI=1S/C17H25N3O3/c1-17(2,3)23-16(22)18-15-7-5-4-6-14(15)12-19-8-10-20(13-21)11-9-19/h4-7,13H,8-12H2,1-3H3,(H,18,22). The van der Waals surface area contributed by atoms with E-state index in [1.807, 2.05) is 45.0 Å². The average molecular weight is 319 g/mol. The zero-order chi connectivity index (χ0) is 16.9. The number of piperazine rings is 1. The second-order valence-electron chi connectivity index (χ2n) is 6.70. The van der Waals surface area contributed by atoms with Gasteiger partial charge in [0, 0.05) is 38.4 Å². The van der Waals surface area contributed by atoms with Gasteiger partial charge >= 0.3 is 6.09 Å². The Morgan fingerprint density at radius 3 is 2.48 bits per heavy atom. The Balaban J connectivity index is 1.98. The third-order valence-corrected chi connectivity index (χ3v) is 3.60. The summed E-state index contributed by atoms with van der Waals surface area (Å²) in [6.07, 6.45) is 0.450. The predicted molar refractivity (Wildman–Crippen MR) is 89.2 cm³/mol. The zero-order valence-electron chi connectivity index (χ0n) is 14.0. The highest BCUT2D eigenvalue weighted by Gasteiger charge is 2.19. The Morgan fingerprint density at radius 2 is 1.87 bits per heavy atom. The predicted octanol–water partition coefficient (Wildman–Crippen LogP) is 2.31. The Hall–Kier alpha value is -2.08. The van der Waals surface area contributed by atoms with Gasteiger partial charge < -0.3 is 9.64 Å². The largest absolute Gasteiger partial charge is 0.444 e. The summed E-state index contributed by atoms with van der Waals surface area (Å²) in [5.74, 6) is 0. The van der Waals surface area contributed by atoms with E-state index in [0.29, 0.717) is 0 Å². The molecule has 1 aromatic carbocycles. The topological polar surface area (TPSA) is 61.9 Å². The van der Waals surface area contributed by atoms with Crippen LogP contribution in [0.1, 0.15) is 26.3 Å². The van der Waals surface area contributed by atoms with E-state index in [0.717, 1.165) is 50.4 Å². The van der Waals surface area contributed by atoms with Crippen LogP contribution in [0, 0.1) is 0 Å². The van der Waals surface area contributed by atoms with Crippen LogP contribution in [0.25, 0.3) is 0 Å². The van der Waals surface area contributed by atoms with Gasteiger partial charge in [0.1, 0.15) is 5.60 Å². The molecular weight excluding hydrogens is 294 g/mol. The molecule has 0 spiro atoms. The maximum absolute atomic E-state index is 12.0. The highest BCUT2D eigenvalue weighted by Crippen LogP contribution is 2.19. The minimum absolute atomic E-state index is 0.448. The van der Waals surface area contributed by atoms with Gasteiger partial charge in [-0.25, -0.2) is 4.79 Å². The lowest BCUT2D eigenvalue weighted by Crippen LogP contribution is -2.45. The van der Waals surface area contributed by atoms with Crippen LogP contribution < -0.4 is 5.32 Å². The van der Waals surface area contributed by atoms with Crippen molar-refractivity contribution in [1.82, 2.24) is 9.80 Å². The Bertz CT molecular complexity index is 546. The molecule has 1 aliphatic rings. The van der Waals surface area contributed by atoms with Crippen molar-refractivity contribution < 1.29 is 14.3 Å². The second-order valence-corrected chi connectivity index (χ2v) is 6.70. The van der Waals surface area contributed by atoms with Crippen molar-refractivity contribution in [3.63, 3.8) is 0 Å². The first-order chi connectivity index (χ1) is 10.9. The molecule has 6 nitrogen and oxygen atoms in total. The van der Waals surface area contributed by atoms with E-state index >= 15 is 0 Å². The van der Waals surface area contributed by atoms with Gasteiger partial charge in [0.25, 0.3) is 0 Å². The van der Waals surface area contributed by atoms with Crippen LogP contribution in [-0.2, 0) is 16.1 Å². The number of anilines is 1. The number of carbonyl (C=O) groups excluding carboxylic acids is 2. The van der Waals surface area contributed by atoms with E-state index in [2.05, 4.69) is 10.2 Å². The molecule has 1 saturated heterocycles. The average Bonchev–Trinajstić information content (AvgIpc) is 2.48. The van der Waals surface area contributed by atoms with Crippen molar-refractivity contribution >= 4 is 18.2 Å². The van der Waals surface area contributed by atoms with Crippen molar-refractivity contribution in [2.75, 3.05) is 31.5 Å². The molecule has 1 heterocycles. The zero-order valence-corrected chi connectivity index (χ0v) is 14.0. The monoisotopic (exact) mass is 319 g/mol. The van der Waals surface area contributed by atoms with Crippen LogP contribution >= 0.6 is 0 Å². The summed E-state index contributed by atoms with van der Waals surface area (Å²) in [5, 5.41) is 2.82. The van der Waals surface area contributed by atoms with E-state index in [1.54, 1.807) is 4.90 Å². The summed E-state index contributed by atoms with van der Waals surface area (Å²) in [6.45, 7) is 9.40. The fourth-order valence-electron chi connectivity index (χ4n) is 2.46. The number of carbonyl (C=O) groups is 2. The van der Waals surface area contributed by atoms with E-state index in [1.165, 1.54) is 0 Å². The lowest BCUT2D eigenvalue weighted by molar-refractivity contribution is -0.119. The molecule has 0 saturated carbocycles. The van der Waals surface area contributed by atoms with E-state index in [-0.39, 0.29) is 0 Å². The molecule has 1 aliphatic heterocycles. The maximum atomic E-state index is 12.0. The highest BCUT2D eigenvalue weighted by atomic mass is 16.6. The Morgan fingerprint density at radius 1 is 1.22 bits per heavy atom. The van der Waals surface area contributed by atoms with Gasteiger partial charge in [-0.05, 0) is 32.4 Å². The normalized spacial score (nSPS) is 16.0. The first-order valence-corrected chi connectivity index (χ1v) is 7.87. The number of benzene rings is 1. The molecule has 1 fully saturated rings. The SMILES string of the molecule is CC(C)(C)OC(=O)Nc1ccccc1CN1CCN(C=O)CC1. The number of para-hydroxylation sites is 1. The van der Waals surface area contributed by atoms with Gasteiger partial charge in [-0.3, -0.25) is 15.0 Å². The van der Waals surface area contributed by atoms with Crippen molar-refractivity contribution in [3.05, 3.63) is 29.8 Å². The molecular formula is C17H25N3O3. The van der Waals surface area contributed by atoms with Gasteiger partial charge in [0.15, 0.2) is 0 Å². The lowest BCUT2D eigenvalue weighted by Gasteiger charge is -2.32. The minimum Gasteiger partial charge on any atom is -0.444 e. The van der Waals surface area contributed by atoms with Crippen LogP contribution in [0.3, 0.4) is 0 Å². The molecule has 0 bridgehead atoms. The van der Waals surface area contributed by atoms with Gasteiger partial charge in [-0.2, -0.15) is 0 Å². The number of hydrogen-bond donors (Lipinski definition) is 1. The van der Waals surface area contributed by atoms with Crippen molar-refractivity contribution in [2.45, 2.75) is 32.9 Å². The molecule has 0 atom stereocenters. The van der Waals surface area contributed by atoms with Crippen LogP contribution in [-0.4, -0.2) is 54.1 Å². The minimum atomic E-state index is -0.524. The quantitative estimate of drug-likeness (QED) is 0.865. The van der Waals surface area contributed by atoms with E-state index < -0.39 is 11.7 Å². The van der Waals surface area contributed by atoms with Crippen LogP contribution in [0.5, 0.6) is 0 Å². The lowest BCUT2D eigenvalue weighted by atomic mass is 10.1. The number of hydrogen-bond acceptors (Lipinski definition) is 4. The summed E-state index contributed by atoms with van der Waals surface area (Å²) >= 11 is 0. The number of rotatable bonds is 4. The molecule has 1 aromatic rings. The molecule has 1 N–H and O–H groups in total. The number of amides is 2. The fourth-order valence-corrected chi connectivity index (χ4v) is 2.46. The molecule has 0 aliphatic carbocycles. The second kappa shape index (κ2) is 7.46. The Labute approximate surface area is 137 Å². The van der Waals surface area contributed by atoms with Gasteiger partial charge in [0.05, 0.1) is 0 Å². The van der Waals surface area contributed by atoms with Crippen molar-refractivity contribution in [1.29, 1.82) is 0 Å². The van der Waals surface area contributed by atoms with Gasteiger partial charge in [0.2, 0.25) is 6.41 Å². The third kappa shape index (κ3) is 5.56. The van der Waals surface area contributed by atoms with Gasteiger partial charge in [-0.1, -0.05) is 18.2 Å².